The highest BCUT2D eigenvalue weighted by atomic mass is 127. The first kappa shape index (κ1) is 14.1. The van der Waals surface area contributed by atoms with Crippen molar-refractivity contribution < 1.29 is 4.39 Å². The lowest BCUT2D eigenvalue weighted by molar-refractivity contribution is 0.621. The van der Waals surface area contributed by atoms with Gasteiger partial charge in [0.05, 0.1) is 20.6 Å². The van der Waals surface area contributed by atoms with Crippen molar-refractivity contribution >= 4 is 71.5 Å². The van der Waals surface area contributed by atoms with E-state index in [1.165, 1.54) is 6.07 Å². The first-order valence-corrected chi connectivity index (χ1v) is 7.60. The summed E-state index contributed by atoms with van der Waals surface area (Å²) >= 11 is 8.72. The summed E-state index contributed by atoms with van der Waals surface area (Å²) < 4.78 is 15.8. The van der Waals surface area contributed by atoms with Crippen LogP contribution in [0.4, 0.5) is 21.5 Å². The Morgan fingerprint density at radius 1 is 1.11 bits per heavy atom. The van der Waals surface area contributed by atoms with Crippen molar-refractivity contribution in [2.75, 3.05) is 11.1 Å². The third kappa shape index (κ3) is 3.16. The second-order valence-electron chi connectivity index (χ2n) is 3.60. The molecule has 2 nitrogen and oxygen atoms in total. The number of hydrogen-bond donors (Lipinski definition) is 2. The van der Waals surface area contributed by atoms with Gasteiger partial charge in [-0.15, -0.1) is 0 Å². The lowest BCUT2D eigenvalue weighted by Crippen LogP contribution is -1.99. The Labute approximate surface area is 135 Å². The smallest absolute Gasteiger partial charge is 0.138 e. The van der Waals surface area contributed by atoms with Crippen molar-refractivity contribution in [1.29, 1.82) is 0 Å². The van der Waals surface area contributed by atoms with E-state index in [4.69, 9.17) is 5.73 Å². The van der Waals surface area contributed by atoms with Crippen molar-refractivity contribution in [3.63, 3.8) is 0 Å². The topological polar surface area (TPSA) is 38.0 Å². The summed E-state index contributed by atoms with van der Waals surface area (Å²) in [5, 5.41) is 3.10. The second-order valence-corrected chi connectivity index (χ2v) is 6.53. The molecule has 0 amide bonds. The maximum Gasteiger partial charge on any atom is 0.138 e. The quantitative estimate of drug-likeness (QED) is 0.448. The summed E-state index contributed by atoms with van der Waals surface area (Å²) in [6.45, 7) is 0. The number of nitrogens with one attached hydrogen (secondary N) is 1. The van der Waals surface area contributed by atoms with Crippen LogP contribution in [0.5, 0.6) is 0 Å². The minimum absolute atomic E-state index is 0.291. The van der Waals surface area contributed by atoms with E-state index >= 15 is 0 Å². The van der Waals surface area contributed by atoms with Gasteiger partial charge in [0, 0.05) is 15.0 Å². The van der Waals surface area contributed by atoms with E-state index in [1.54, 1.807) is 6.07 Å². The summed E-state index contributed by atoms with van der Waals surface area (Å²) in [6.07, 6.45) is 0. The zero-order valence-corrected chi connectivity index (χ0v) is 14.3. The predicted molar refractivity (Wildman–Crippen MR) is 88.7 cm³/mol. The first-order valence-electron chi connectivity index (χ1n) is 4.94. The third-order valence-corrected chi connectivity index (χ3v) is 4.27. The fraction of sp³-hybridized carbons (Fsp3) is 0. The Balaban J connectivity index is 2.37. The van der Waals surface area contributed by atoms with Gasteiger partial charge in [-0.2, -0.15) is 0 Å². The van der Waals surface area contributed by atoms with E-state index in [9.17, 15) is 4.39 Å². The molecule has 0 atom stereocenters. The first-order chi connectivity index (χ1) is 8.47. The highest BCUT2D eigenvalue weighted by Gasteiger charge is 2.08. The molecule has 0 spiro atoms. The van der Waals surface area contributed by atoms with Gasteiger partial charge in [0.25, 0.3) is 0 Å². The molecular formula is C12H8Br2FIN2. The van der Waals surface area contributed by atoms with Gasteiger partial charge in [-0.05, 0) is 62.8 Å². The molecule has 0 aliphatic rings. The SMILES string of the molecule is Nc1cc(I)c(F)cc1Nc1ccc(Br)cc1Br. The summed E-state index contributed by atoms with van der Waals surface area (Å²) in [6, 6.07) is 8.67. The van der Waals surface area contributed by atoms with Crippen LogP contribution in [0.1, 0.15) is 0 Å². The molecule has 0 aliphatic heterocycles. The van der Waals surface area contributed by atoms with E-state index < -0.39 is 0 Å². The number of anilines is 3. The fourth-order valence-electron chi connectivity index (χ4n) is 1.41. The van der Waals surface area contributed by atoms with Gasteiger partial charge >= 0.3 is 0 Å². The van der Waals surface area contributed by atoms with Crippen LogP contribution in [0.3, 0.4) is 0 Å². The number of benzene rings is 2. The van der Waals surface area contributed by atoms with E-state index in [-0.39, 0.29) is 5.82 Å². The molecule has 0 aliphatic carbocycles. The molecule has 94 valence electrons. The lowest BCUT2D eigenvalue weighted by atomic mass is 10.2. The Hall–Kier alpha value is -0.340. The monoisotopic (exact) mass is 484 g/mol. The van der Waals surface area contributed by atoms with Crippen LogP contribution < -0.4 is 11.1 Å². The van der Waals surface area contributed by atoms with Crippen LogP contribution in [0, 0.1) is 9.39 Å². The largest absolute Gasteiger partial charge is 0.397 e. The second kappa shape index (κ2) is 5.75. The average Bonchev–Trinajstić information content (AvgIpc) is 2.29. The van der Waals surface area contributed by atoms with Gasteiger partial charge in [-0.3, -0.25) is 0 Å². The zero-order chi connectivity index (χ0) is 13.3. The zero-order valence-electron chi connectivity index (χ0n) is 8.98. The molecule has 2 rings (SSSR count). The molecule has 2 aromatic carbocycles. The molecule has 0 aromatic heterocycles. The maximum absolute atomic E-state index is 13.5. The fourth-order valence-corrected chi connectivity index (χ4v) is 3.04. The van der Waals surface area contributed by atoms with Crippen LogP contribution >= 0.6 is 54.5 Å². The van der Waals surface area contributed by atoms with Gasteiger partial charge in [0.2, 0.25) is 0 Å². The number of nitrogens with two attached hydrogens (primary N) is 1. The summed E-state index contributed by atoms with van der Waals surface area (Å²) in [5.74, 6) is -0.291. The molecule has 0 saturated carbocycles. The van der Waals surface area contributed by atoms with E-state index in [1.807, 2.05) is 40.8 Å². The minimum Gasteiger partial charge on any atom is -0.397 e. The predicted octanol–water partition coefficient (Wildman–Crippen LogP) is 5.28. The molecule has 0 radical (unpaired) electrons. The molecule has 18 heavy (non-hydrogen) atoms. The van der Waals surface area contributed by atoms with E-state index in [0.717, 1.165) is 14.6 Å². The molecule has 0 fully saturated rings. The van der Waals surface area contributed by atoms with Gasteiger partial charge in [-0.1, -0.05) is 15.9 Å². The Bertz CT molecular complexity index is 605. The summed E-state index contributed by atoms with van der Waals surface area (Å²) in [5.41, 5.74) is 7.75. The molecule has 0 heterocycles. The number of rotatable bonds is 2. The van der Waals surface area contributed by atoms with Crippen LogP contribution in [0.25, 0.3) is 0 Å². The van der Waals surface area contributed by atoms with Gasteiger partial charge < -0.3 is 11.1 Å². The molecule has 0 saturated heterocycles. The molecule has 0 unspecified atom stereocenters. The molecule has 0 bridgehead atoms. The number of nitrogen functional groups attached to an aromatic ring is 1. The normalized spacial score (nSPS) is 10.4. The number of halogens is 4. The van der Waals surface area contributed by atoms with Crippen molar-refractivity contribution in [2.45, 2.75) is 0 Å². The van der Waals surface area contributed by atoms with Gasteiger partial charge in [0.1, 0.15) is 5.82 Å². The lowest BCUT2D eigenvalue weighted by Gasteiger charge is -2.12. The standard InChI is InChI=1S/C12H8Br2FIN2/c13-6-1-2-11(7(14)3-6)18-12-4-8(15)9(16)5-10(12)17/h1-5,18H,17H2. The summed E-state index contributed by atoms with van der Waals surface area (Å²) in [4.78, 5) is 0. The van der Waals surface area contributed by atoms with Crippen LogP contribution in [-0.2, 0) is 0 Å². The van der Waals surface area contributed by atoms with Gasteiger partial charge in [0.15, 0.2) is 0 Å². The molecule has 3 N–H and O–H groups in total. The van der Waals surface area contributed by atoms with Crippen LogP contribution in [0.2, 0.25) is 0 Å². The van der Waals surface area contributed by atoms with Crippen molar-refractivity contribution in [3.8, 4) is 0 Å². The van der Waals surface area contributed by atoms with Crippen LogP contribution in [-0.4, -0.2) is 0 Å². The average molecular weight is 486 g/mol. The Morgan fingerprint density at radius 2 is 1.83 bits per heavy atom. The van der Waals surface area contributed by atoms with Gasteiger partial charge in [-0.25, -0.2) is 4.39 Å². The molecular weight excluding hydrogens is 478 g/mol. The van der Waals surface area contributed by atoms with Crippen molar-refractivity contribution in [3.05, 3.63) is 48.7 Å². The number of hydrogen-bond acceptors (Lipinski definition) is 2. The molecule has 2 aromatic rings. The van der Waals surface area contributed by atoms with Crippen molar-refractivity contribution in [1.82, 2.24) is 0 Å². The Morgan fingerprint density at radius 3 is 2.50 bits per heavy atom. The highest BCUT2D eigenvalue weighted by molar-refractivity contribution is 14.1. The Kier molecular flexibility index (Phi) is 4.50. The van der Waals surface area contributed by atoms with E-state index in [0.29, 0.717) is 14.9 Å². The van der Waals surface area contributed by atoms with Crippen LogP contribution in [0.15, 0.2) is 39.3 Å². The highest BCUT2D eigenvalue weighted by Crippen LogP contribution is 2.32. The minimum atomic E-state index is -0.291. The summed E-state index contributed by atoms with van der Waals surface area (Å²) in [7, 11) is 0. The maximum atomic E-state index is 13.5. The van der Waals surface area contributed by atoms with Crippen molar-refractivity contribution in [2.24, 2.45) is 0 Å². The third-order valence-electron chi connectivity index (χ3n) is 2.29. The molecule has 6 heteroatoms. The van der Waals surface area contributed by atoms with E-state index in [2.05, 4.69) is 37.2 Å².